The van der Waals surface area contributed by atoms with Crippen molar-refractivity contribution in [2.24, 2.45) is 4.99 Å². The van der Waals surface area contributed by atoms with Crippen LogP contribution in [0.25, 0.3) is 6.08 Å². The molecule has 1 aromatic rings. The monoisotopic (exact) mass is 290 g/mol. The molecule has 0 saturated carbocycles. The molecule has 0 N–H and O–H groups in total. The predicted molar refractivity (Wildman–Crippen MR) is 78.3 cm³/mol. The molecular formula is C14H14N2O3S. The highest BCUT2D eigenvalue weighted by Gasteiger charge is 2.26. The summed E-state index contributed by atoms with van der Waals surface area (Å²) < 4.78 is 10.5. The van der Waals surface area contributed by atoms with Crippen molar-refractivity contribution >= 4 is 28.9 Å². The molecule has 0 unspecified atom stereocenters. The third-order valence-corrected chi connectivity index (χ3v) is 4.00. The molecule has 3 rings (SSSR count). The molecule has 0 radical (unpaired) electrons. The van der Waals surface area contributed by atoms with Crippen molar-refractivity contribution in [3.8, 4) is 0 Å². The maximum absolute atomic E-state index is 11.8. The molecule has 1 aromatic heterocycles. The van der Waals surface area contributed by atoms with E-state index in [2.05, 4.69) is 9.89 Å². The maximum Gasteiger partial charge on any atom is 0.286 e. The van der Waals surface area contributed by atoms with E-state index in [1.54, 1.807) is 18.4 Å². The van der Waals surface area contributed by atoms with Crippen LogP contribution in [0.5, 0.6) is 0 Å². The van der Waals surface area contributed by atoms with Gasteiger partial charge in [0.05, 0.1) is 24.4 Å². The SMILES string of the molecule is O=C1N=C(N2CCOCC2)SC1=CC=Cc1ccco1. The van der Waals surface area contributed by atoms with Crippen molar-refractivity contribution in [2.45, 2.75) is 0 Å². The number of amidine groups is 1. The van der Waals surface area contributed by atoms with E-state index in [0.29, 0.717) is 18.1 Å². The lowest BCUT2D eigenvalue weighted by molar-refractivity contribution is -0.113. The molecule has 0 spiro atoms. The van der Waals surface area contributed by atoms with Gasteiger partial charge in [0.15, 0.2) is 5.17 Å². The summed E-state index contributed by atoms with van der Waals surface area (Å²) in [7, 11) is 0. The fourth-order valence-corrected chi connectivity index (χ4v) is 2.83. The number of aliphatic imine (C=N–C) groups is 1. The predicted octanol–water partition coefficient (Wildman–Crippen LogP) is 2.14. The van der Waals surface area contributed by atoms with Crippen LogP contribution in [0, 0.1) is 0 Å². The molecule has 0 aromatic carbocycles. The Morgan fingerprint density at radius 1 is 1.35 bits per heavy atom. The minimum absolute atomic E-state index is 0.180. The smallest absolute Gasteiger partial charge is 0.286 e. The van der Waals surface area contributed by atoms with Gasteiger partial charge in [0.2, 0.25) is 0 Å². The molecule has 1 fully saturated rings. The average molecular weight is 290 g/mol. The van der Waals surface area contributed by atoms with Gasteiger partial charge in [-0.25, -0.2) is 0 Å². The van der Waals surface area contributed by atoms with Gasteiger partial charge in [-0.3, -0.25) is 4.79 Å². The summed E-state index contributed by atoms with van der Waals surface area (Å²) in [6, 6.07) is 3.68. The lowest BCUT2D eigenvalue weighted by Crippen LogP contribution is -2.38. The molecule has 1 amide bonds. The van der Waals surface area contributed by atoms with Gasteiger partial charge in [0.25, 0.3) is 5.91 Å². The summed E-state index contributed by atoms with van der Waals surface area (Å²) in [5, 5.41) is 0.774. The van der Waals surface area contributed by atoms with Gasteiger partial charge >= 0.3 is 0 Å². The van der Waals surface area contributed by atoms with Crippen molar-refractivity contribution in [2.75, 3.05) is 26.3 Å². The highest BCUT2D eigenvalue weighted by atomic mass is 32.2. The number of hydrogen-bond donors (Lipinski definition) is 0. The number of nitrogens with zero attached hydrogens (tertiary/aromatic N) is 2. The Labute approximate surface area is 121 Å². The van der Waals surface area contributed by atoms with Crippen molar-refractivity contribution < 1.29 is 13.9 Å². The molecule has 20 heavy (non-hydrogen) atoms. The van der Waals surface area contributed by atoms with Crippen molar-refractivity contribution in [3.63, 3.8) is 0 Å². The van der Waals surface area contributed by atoms with Gasteiger partial charge in [-0.2, -0.15) is 4.99 Å². The molecule has 2 aliphatic heterocycles. The van der Waals surface area contributed by atoms with Crippen LogP contribution >= 0.6 is 11.8 Å². The van der Waals surface area contributed by atoms with Crippen LogP contribution in [-0.4, -0.2) is 42.3 Å². The van der Waals surface area contributed by atoms with Crippen LogP contribution in [0.15, 0.2) is 44.9 Å². The lowest BCUT2D eigenvalue weighted by Gasteiger charge is -2.27. The second-order valence-corrected chi connectivity index (χ2v) is 5.32. The first-order chi connectivity index (χ1) is 9.83. The number of allylic oxidation sites excluding steroid dienone is 2. The molecule has 0 bridgehead atoms. The van der Waals surface area contributed by atoms with Gasteiger partial charge in [0, 0.05) is 13.1 Å². The Hall–Kier alpha value is -1.79. The van der Waals surface area contributed by atoms with E-state index in [0.717, 1.165) is 24.0 Å². The number of carbonyl (C=O) groups excluding carboxylic acids is 1. The van der Waals surface area contributed by atoms with Gasteiger partial charge < -0.3 is 14.1 Å². The highest BCUT2D eigenvalue weighted by molar-refractivity contribution is 8.18. The zero-order valence-corrected chi connectivity index (χ0v) is 11.6. The Kier molecular flexibility index (Phi) is 4.03. The summed E-state index contributed by atoms with van der Waals surface area (Å²) in [5.41, 5.74) is 0. The molecule has 6 heteroatoms. The number of rotatable bonds is 2. The lowest BCUT2D eigenvalue weighted by atomic mass is 10.3. The molecular weight excluding hydrogens is 276 g/mol. The summed E-state index contributed by atoms with van der Waals surface area (Å²) >= 11 is 1.41. The Bertz CT molecular complexity index is 569. The second kappa shape index (κ2) is 6.11. The van der Waals surface area contributed by atoms with E-state index in [4.69, 9.17) is 9.15 Å². The van der Waals surface area contributed by atoms with Gasteiger partial charge in [-0.05, 0) is 36.0 Å². The molecule has 1 saturated heterocycles. The minimum atomic E-state index is -0.180. The van der Waals surface area contributed by atoms with Crippen LogP contribution in [0.4, 0.5) is 0 Å². The van der Waals surface area contributed by atoms with Crippen molar-refractivity contribution in [1.29, 1.82) is 0 Å². The quantitative estimate of drug-likeness (QED) is 0.781. The Balaban J connectivity index is 1.64. The van der Waals surface area contributed by atoms with E-state index in [1.807, 2.05) is 18.2 Å². The van der Waals surface area contributed by atoms with Gasteiger partial charge in [-0.1, -0.05) is 6.08 Å². The van der Waals surface area contributed by atoms with Crippen molar-refractivity contribution in [1.82, 2.24) is 4.90 Å². The molecule has 5 nitrogen and oxygen atoms in total. The number of morpholine rings is 1. The van der Waals surface area contributed by atoms with Crippen LogP contribution in [0.3, 0.4) is 0 Å². The normalized spacial score (nSPS) is 22.0. The number of furan rings is 1. The fraction of sp³-hybridized carbons (Fsp3) is 0.286. The van der Waals surface area contributed by atoms with E-state index in [-0.39, 0.29) is 5.91 Å². The third kappa shape index (κ3) is 3.02. The number of ether oxygens (including phenoxy) is 1. The number of thioether (sulfide) groups is 1. The zero-order chi connectivity index (χ0) is 13.8. The summed E-state index contributed by atoms with van der Waals surface area (Å²) in [6.45, 7) is 2.94. The van der Waals surface area contributed by atoms with Gasteiger partial charge in [0.1, 0.15) is 5.76 Å². The fourth-order valence-electron chi connectivity index (χ4n) is 1.92. The summed E-state index contributed by atoms with van der Waals surface area (Å²) in [5.74, 6) is 0.576. The Morgan fingerprint density at radius 2 is 2.20 bits per heavy atom. The third-order valence-electron chi connectivity index (χ3n) is 2.94. The van der Waals surface area contributed by atoms with Crippen LogP contribution in [0.1, 0.15) is 5.76 Å². The highest BCUT2D eigenvalue weighted by Crippen LogP contribution is 2.28. The number of hydrogen-bond acceptors (Lipinski definition) is 5. The summed E-state index contributed by atoms with van der Waals surface area (Å²) in [4.78, 5) is 18.6. The first-order valence-electron chi connectivity index (χ1n) is 6.38. The molecule has 0 aliphatic carbocycles. The topological polar surface area (TPSA) is 55.0 Å². The Morgan fingerprint density at radius 3 is 2.95 bits per heavy atom. The number of carbonyl (C=O) groups is 1. The standard InChI is InChI=1S/C14H14N2O3S/c17-13-12(5-1-3-11-4-2-8-19-11)20-14(15-13)16-6-9-18-10-7-16/h1-5,8H,6-7,9-10H2. The van der Waals surface area contributed by atoms with Crippen molar-refractivity contribution in [3.05, 3.63) is 41.2 Å². The first kappa shape index (κ1) is 13.2. The molecule has 2 aliphatic rings. The van der Waals surface area contributed by atoms with Crippen LogP contribution in [-0.2, 0) is 9.53 Å². The maximum atomic E-state index is 11.8. The summed E-state index contributed by atoms with van der Waals surface area (Å²) in [6.07, 6.45) is 7.00. The second-order valence-electron chi connectivity index (χ2n) is 4.31. The van der Waals surface area contributed by atoms with E-state index in [9.17, 15) is 4.79 Å². The minimum Gasteiger partial charge on any atom is -0.465 e. The van der Waals surface area contributed by atoms with E-state index >= 15 is 0 Å². The first-order valence-corrected chi connectivity index (χ1v) is 7.20. The molecule has 104 valence electrons. The van der Waals surface area contributed by atoms with Crippen LogP contribution < -0.4 is 0 Å². The van der Waals surface area contributed by atoms with E-state index < -0.39 is 0 Å². The van der Waals surface area contributed by atoms with Gasteiger partial charge in [-0.15, -0.1) is 0 Å². The molecule has 0 atom stereocenters. The average Bonchev–Trinajstić information content (AvgIpc) is 3.11. The van der Waals surface area contributed by atoms with E-state index in [1.165, 1.54) is 11.8 Å². The van der Waals surface area contributed by atoms with Crippen LogP contribution in [0.2, 0.25) is 0 Å². The number of amides is 1. The largest absolute Gasteiger partial charge is 0.465 e. The zero-order valence-electron chi connectivity index (χ0n) is 10.8. The molecule has 3 heterocycles.